The molecule has 2 heterocycles. The molecule has 2 aromatic carbocycles. The molecular formula is C36H47N3O4. The summed E-state index contributed by atoms with van der Waals surface area (Å²) in [5.74, 6) is 0.227. The van der Waals surface area contributed by atoms with Gasteiger partial charge in [0.1, 0.15) is 12.0 Å². The molecule has 43 heavy (non-hydrogen) atoms. The number of anilines is 3. The van der Waals surface area contributed by atoms with E-state index in [1.165, 1.54) is 23.8 Å². The van der Waals surface area contributed by atoms with Gasteiger partial charge in [0.25, 0.3) is 5.91 Å². The van der Waals surface area contributed by atoms with Crippen LogP contribution in [0.1, 0.15) is 104 Å². The van der Waals surface area contributed by atoms with Crippen LogP contribution in [-0.2, 0) is 4.79 Å². The first-order valence-electron chi connectivity index (χ1n) is 16.0. The average Bonchev–Trinajstić information content (AvgIpc) is 3.57. The summed E-state index contributed by atoms with van der Waals surface area (Å²) in [4.78, 5) is 42.6. The molecule has 1 fully saturated rings. The maximum atomic E-state index is 13.1. The lowest BCUT2D eigenvalue weighted by molar-refractivity contribution is -0.119. The predicted molar refractivity (Wildman–Crippen MR) is 175 cm³/mol. The SMILES string of the molecule is CCCCC(=O)CCCCCCCCC(=O)c1ccc(N2CCN(c3ccccc3C)CC2)c(NC(=O)c2ccoc2)c1. The highest BCUT2D eigenvalue weighted by molar-refractivity contribution is 6.07. The highest BCUT2D eigenvalue weighted by Crippen LogP contribution is 2.31. The van der Waals surface area contributed by atoms with E-state index in [0.29, 0.717) is 35.4 Å². The van der Waals surface area contributed by atoms with E-state index in [1.54, 1.807) is 6.07 Å². The molecule has 0 spiro atoms. The molecule has 0 bridgehead atoms. The second-order valence-corrected chi connectivity index (χ2v) is 11.6. The minimum Gasteiger partial charge on any atom is -0.472 e. The maximum absolute atomic E-state index is 13.1. The van der Waals surface area contributed by atoms with Gasteiger partial charge in [-0.05, 0) is 62.1 Å². The van der Waals surface area contributed by atoms with Gasteiger partial charge in [0.05, 0.1) is 23.2 Å². The van der Waals surface area contributed by atoms with Gasteiger partial charge >= 0.3 is 0 Å². The molecule has 1 aromatic heterocycles. The number of ketones is 2. The molecule has 0 saturated carbocycles. The van der Waals surface area contributed by atoms with E-state index in [4.69, 9.17) is 4.42 Å². The molecule has 7 nitrogen and oxygen atoms in total. The second-order valence-electron chi connectivity index (χ2n) is 11.6. The summed E-state index contributed by atoms with van der Waals surface area (Å²) in [6.07, 6.45) is 13.0. The number of amides is 1. The second kappa shape index (κ2) is 16.7. The molecule has 0 radical (unpaired) electrons. The first-order valence-corrected chi connectivity index (χ1v) is 16.0. The number of Topliss-reactive ketones (excluding diaryl/α,β-unsaturated/α-hetero) is 2. The number of unbranched alkanes of at least 4 members (excludes halogenated alkanes) is 6. The number of furan rings is 1. The number of piperazine rings is 1. The van der Waals surface area contributed by atoms with Gasteiger partial charge in [-0.15, -0.1) is 0 Å². The first kappa shape index (κ1) is 32.1. The Hall–Kier alpha value is -3.87. The Morgan fingerprint density at radius 2 is 1.40 bits per heavy atom. The number of hydrogen-bond donors (Lipinski definition) is 1. The zero-order valence-electron chi connectivity index (χ0n) is 25.9. The minimum absolute atomic E-state index is 0.0938. The fraction of sp³-hybridized carbons (Fsp3) is 0.472. The molecule has 1 aliphatic rings. The number of nitrogens with zero attached hydrogens (tertiary/aromatic N) is 2. The Labute approximate surface area is 256 Å². The number of aryl methyl sites for hydroxylation is 1. The first-order chi connectivity index (χ1) is 21.0. The molecule has 1 amide bonds. The third-order valence-corrected chi connectivity index (χ3v) is 8.35. The third kappa shape index (κ3) is 9.57. The van der Waals surface area contributed by atoms with Crippen LogP contribution in [0.25, 0.3) is 0 Å². The van der Waals surface area contributed by atoms with Crippen LogP contribution in [-0.4, -0.2) is 43.7 Å². The van der Waals surface area contributed by atoms with Crippen molar-refractivity contribution >= 4 is 34.5 Å². The molecule has 1 aliphatic heterocycles. The van der Waals surface area contributed by atoms with E-state index in [0.717, 1.165) is 89.7 Å². The molecule has 4 rings (SSSR count). The predicted octanol–water partition coefficient (Wildman–Crippen LogP) is 8.23. The number of hydrogen-bond acceptors (Lipinski definition) is 6. The van der Waals surface area contributed by atoms with Crippen LogP contribution in [0.4, 0.5) is 17.1 Å². The van der Waals surface area contributed by atoms with Gasteiger partial charge in [0.15, 0.2) is 5.78 Å². The number of benzene rings is 2. The lowest BCUT2D eigenvalue weighted by Gasteiger charge is -2.38. The standard InChI is InChI=1S/C36H47N3O4/c1-3-4-14-31(40)15-9-7-5-6-8-10-17-35(41)29-18-19-34(32(26-29)37-36(42)30-20-25-43-27-30)39-23-21-38(22-24-39)33-16-12-11-13-28(33)2/h11-13,16,18-20,25-27H,3-10,14-15,17,21-24H2,1-2H3,(H,37,42). The van der Waals surface area contributed by atoms with Gasteiger partial charge in [-0.2, -0.15) is 0 Å². The monoisotopic (exact) mass is 585 g/mol. The quantitative estimate of drug-likeness (QED) is 0.127. The number of carbonyl (C=O) groups is 3. The zero-order valence-corrected chi connectivity index (χ0v) is 25.9. The molecule has 1 saturated heterocycles. The molecule has 1 N–H and O–H groups in total. The van der Waals surface area contributed by atoms with Gasteiger partial charge in [0, 0.05) is 56.7 Å². The summed E-state index contributed by atoms with van der Waals surface area (Å²) in [7, 11) is 0. The normalized spacial score (nSPS) is 13.3. The van der Waals surface area contributed by atoms with Crippen molar-refractivity contribution in [1.82, 2.24) is 0 Å². The van der Waals surface area contributed by atoms with Crippen LogP contribution in [0.15, 0.2) is 65.5 Å². The van der Waals surface area contributed by atoms with E-state index in [2.05, 4.69) is 53.2 Å². The summed E-state index contributed by atoms with van der Waals surface area (Å²) < 4.78 is 5.11. The van der Waals surface area contributed by atoms with E-state index >= 15 is 0 Å². The van der Waals surface area contributed by atoms with Crippen molar-refractivity contribution in [2.75, 3.05) is 41.3 Å². The van der Waals surface area contributed by atoms with E-state index in [9.17, 15) is 14.4 Å². The van der Waals surface area contributed by atoms with E-state index in [-0.39, 0.29) is 11.7 Å². The third-order valence-electron chi connectivity index (χ3n) is 8.35. The lowest BCUT2D eigenvalue weighted by atomic mass is 10.0. The number of carbonyl (C=O) groups excluding carboxylic acids is 3. The minimum atomic E-state index is -0.259. The molecule has 0 atom stereocenters. The topological polar surface area (TPSA) is 82.9 Å². The largest absolute Gasteiger partial charge is 0.472 e. The number of para-hydroxylation sites is 1. The van der Waals surface area contributed by atoms with Crippen LogP contribution in [0.2, 0.25) is 0 Å². The van der Waals surface area contributed by atoms with Crippen LogP contribution >= 0.6 is 0 Å². The molecule has 0 unspecified atom stereocenters. The smallest absolute Gasteiger partial charge is 0.258 e. The van der Waals surface area contributed by atoms with Gasteiger partial charge in [-0.3, -0.25) is 14.4 Å². The molecule has 3 aromatic rings. The Morgan fingerprint density at radius 1 is 0.744 bits per heavy atom. The lowest BCUT2D eigenvalue weighted by Crippen LogP contribution is -2.47. The Balaban J connectivity index is 1.31. The van der Waals surface area contributed by atoms with Gasteiger partial charge < -0.3 is 19.5 Å². The van der Waals surface area contributed by atoms with Crippen LogP contribution < -0.4 is 15.1 Å². The van der Waals surface area contributed by atoms with Crippen molar-refractivity contribution in [3.63, 3.8) is 0 Å². The van der Waals surface area contributed by atoms with Crippen molar-refractivity contribution in [1.29, 1.82) is 0 Å². The Bertz CT molecular complexity index is 1330. The maximum Gasteiger partial charge on any atom is 0.258 e. The van der Waals surface area contributed by atoms with Crippen LogP contribution in [0.5, 0.6) is 0 Å². The van der Waals surface area contributed by atoms with Crippen LogP contribution in [0, 0.1) is 6.92 Å². The van der Waals surface area contributed by atoms with Gasteiger partial charge in [-0.25, -0.2) is 0 Å². The van der Waals surface area contributed by atoms with E-state index < -0.39 is 0 Å². The van der Waals surface area contributed by atoms with Crippen molar-refractivity contribution < 1.29 is 18.8 Å². The van der Waals surface area contributed by atoms with Gasteiger partial charge in [-0.1, -0.05) is 57.2 Å². The molecule has 230 valence electrons. The summed E-state index contributed by atoms with van der Waals surface area (Å²) in [5, 5.41) is 3.04. The number of nitrogens with one attached hydrogen (secondary N) is 1. The molecule has 7 heteroatoms. The van der Waals surface area contributed by atoms with Crippen molar-refractivity contribution in [3.05, 3.63) is 77.7 Å². The fourth-order valence-corrected chi connectivity index (χ4v) is 5.74. The summed E-state index contributed by atoms with van der Waals surface area (Å²) in [5.41, 5.74) is 5.16. The highest BCUT2D eigenvalue weighted by atomic mass is 16.3. The molecular weight excluding hydrogens is 538 g/mol. The van der Waals surface area contributed by atoms with Crippen LogP contribution in [0.3, 0.4) is 0 Å². The highest BCUT2D eigenvalue weighted by Gasteiger charge is 2.22. The Morgan fingerprint density at radius 3 is 2.07 bits per heavy atom. The number of rotatable bonds is 17. The van der Waals surface area contributed by atoms with E-state index in [1.807, 2.05) is 18.2 Å². The zero-order chi connectivity index (χ0) is 30.4. The molecule has 0 aliphatic carbocycles. The summed E-state index contributed by atoms with van der Waals surface area (Å²) >= 11 is 0. The fourth-order valence-electron chi connectivity index (χ4n) is 5.74. The van der Waals surface area contributed by atoms with Crippen molar-refractivity contribution in [3.8, 4) is 0 Å². The van der Waals surface area contributed by atoms with Crippen molar-refractivity contribution in [2.24, 2.45) is 0 Å². The van der Waals surface area contributed by atoms with Crippen molar-refractivity contribution in [2.45, 2.75) is 84.5 Å². The van der Waals surface area contributed by atoms with Gasteiger partial charge in [0.2, 0.25) is 0 Å². The summed E-state index contributed by atoms with van der Waals surface area (Å²) in [6, 6.07) is 15.8. The summed E-state index contributed by atoms with van der Waals surface area (Å²) in [6.45, 7) is 7.61. The average molecular weight is 586 g/mol. The Kier molecular flexibility index (Phi) is 12.4.